The summed E-state index contributed by atoms with van der Waals surface area (Å²) in [5, 5.41) is 2.85. The Balaban J connectivity index is 2.31. The van der Waals surface area contributed by atoms with Crippen molar-refractivity contribution in [3.8, 4) is 17.2 Å². The third-order valence-corrected chi connectivity index (χ3v) is 3.36. The van der Waals surface area contributed by atoms with Gasteiger partial charge in [0.2, 0.25) is 0 Å². The minimum atomic E-state index is -3.09. The summed E-state index contributed by atoms with van der Waals surface area (Å²) in [6, 6.07) is 8.87. The number of carbonyl (C=O) groups is 1. The monoisotopic (exact) mass is 357 g/mol. The zero-order valence-electron chi connectivity index (χ0n) is 12.8. The highest BCUT2D eigenvalue weighted by Crippen LogP contribution is 2.33. The van der Waals surface area contributed by atoms with Crippen molar-refractivity contribution in [3.63, 3.8) is 0 Å². The van der Waals surface area contributed by atoms with E-state index in [0.717, 1.165) is 0 Å². The van der Waals surface area contributed by atoms with E-state index in [9.17, 15) is 13.6 Å². The highest BCUT2D eigenvalue weighted by atomic mass is 35.5. The topological polar surface area (TPSA) is 56.8 Å². The number of alkyl halides is 2. The Labute approximate surface area is 142 Å². The molecule has 1 N–H and O–H groups in total. The van der Waals surface area contributed by atoms with Gasteiger partial charge < -0.3 is 19.5 Å². The standard InChI is InChI=1S/C16H14ClF2NO4/c1-22-12-7-6-9(8-11(12)17)20-15(21)10-4-3-5-13(23-2)14(10)24-16(18)19/h3-8,16H,1-2H3,(H,20,21). The Morgan fingerprint density at radius 2 is 1.83 bits per heavy atom. The number of hydrogen-bond donors (Lipinski definition) is 1. The zero-order chi connectivity index (χ0) is 17.7. The molecule has 2 rings (SSSR count). The second kappa shape index (κ2) is 7.83. The predicted molar refractivity (Wildman–Crippen MR) is 85.6 cm³/mol. The number of carbonyl (C=O) groups excluding carboxylic acids is 1. The highest BCUT2D eigenvalue weighted by Gasteiger charge is 2.20. The van der Waals surface area contributed by atoms with Crippen LogP contribution in [0.1, 0.15) is 10.4 Å². The number of hydrogen-bond acceptors (Lipinski definition) is 4. The first-order valence-electron chi connectivity index (χ1n) is 6.73. The van der Waals surface area contributed by atoms with Crippen molar-refractivity contribution in [2.45, 2.75) is 6.61 Å². The fourth-order valence-electron chi connectivity index (χ4n) is 2.01. The van der Waals surface area contributed by atoms with Gasteiger partial charge in [-0.15, -0.1) is 0 Å². The van der Waals surface area contributed by atoms with Crippen LogP contribution in [-0.4, -0.2) is 26.7 Å². The lowest BCUT2D eigenvalue weighted by Crippen LogP contribution is -2.15. The van der Waals surface area contributed by atoms with E-state index >= 15 is 0 Å². The average Bonchev–Trinajstić information content (AvgIpc) is 2.54. The molecule has 0 atom stereocenters. The van der Waals surface area contributed by atoms with Gasteiger partial charge in [-0.1, -0.05) is 17.7 Å². The van der Waals surface area contributed by atoms with Crippen LogP contribution < -0.4 is 19.5 Å². The molecule has 0 aliphatic carbocycles. The van der Waals surface area contributed by atoms with Gasteiger partial charge in [0, 0.05) is 5.69 Å². The molecule has 8 heteroatoms. The van der Waals surface area contributed by atoms with E-state index < -0.39 is 12.5 Å². The van der Waals surface area contributed by atoms with Crippen LogP contribution >= 0.6 is 11.6 Å². The largest absolute Gasteiger partial charge is 0.495 e. The maximum atomic E-state index is 12.6. The van der Waals surface area contributed by atoms with E-state index in [2.05, 4.69) is 10.1 Å². The summed E-state index contributed by atoms with van der Waals surface area (Å²) in [6.45, 7) is -3.09. The van der Waals surface area contributed by atoms with Crippen molar-refractivity contribution in [3.05, 3.63) is 47.0 Å². The lowest BCUT2D eigenvalue weighted by atomic mass is 10.1. The van der Waals surface area contributed by atoms with Gasteiger partial charge in [0.1, 0.15) is 5.75 Å². The Hall–Kier alpha value is -2.54. The van der Waals surface area contributed by atoms with Gasteiger partial charge in [0.25, 0.3) is 5.91 Å². The highest BCUT2D eigenvalue weighted by molar-refractivity contribution is 6.32. The van der Waals surface area contributed by atoms with Crippen LogP contribution in [0.3, 0.4) is 0 Å². The number of nitrogens with one attached hydrogen (secondary N) is 1. The van der Waals surface area contributed by atoms with E-state index in [1.165, 1.54) is 38.5 Å². The Morgan fingerprint density at radius 1 is 1.12 bits per heavy atom. The van der Waals surface area contributed by atoms with E-state index in [0.29, 0.717) is 16.5 Å². The van der Waals surface area contributed by atoms with Gasteiger partial charge in [-0.3, -0.25) is 4.79 Å². The number of para-hydroxylation sites is 1. The van der Waals surface area contributed by atoms with Crippen LogP contribution in [0.25, 0.3) is 0 Å². The van der Waals surface area contributed by atoms with Crippen molar-refractivity contribution in [1.82, 2.24) is 0 Å². The number of rotatable bonds is 6. The molecule has 5 nitrogen and oxygen atoms in total. The molecule has 0 fully saturated rings. The molecule has 0 spiro atoms. The normalized spacial score (nSPS) is 10.4. The Bertz CT molecular complexity index is 740. The fraction of sp³-hybridized carbons (Fsp3) is 0.188. The Morgan fingerprint density at radius 3 is 2.42 bits per heavy atom. The van der Waals surface area contributed by atoms with Gasteiger partial charge in [-0.2, -0.15) is 8.78 Å². The number of amides is 1. The minimum Gasteiger partial charge on any atom is -0.495 e. The molecule has 0 saturated heterocycles. The molecule has 128 valence electrons. The van der Waals surface area contributed by atoms with Crippen molar-refractivity contribution in [2.24, 2.45) is 0 Å². The van der Waals surface area contributed by atoms with Gasteiger partial charge in [-0.05, 0) is 30.3 Å². The second-order valence-electron chi connectivity index (χ2n) is 4.52. The van der Waals surface area contributed by atoms with Gasteiger partial charge in [0.05, 0.1) is 24.8 Å². The van der Waals surface area contributed by atoms with Crippen LogP contribution in [0.5, 0.6) is 17.2 Å². The van der Waals surface area contributed by atoms with Gasteiger partial charge >= 0.3 is 6.61 Å². The van der Waals surface area contributed by atoms with Crippen LogP contribution in [-0.2, 0) is 0 Å². The molecule has 0 unspecified atom stereocenters. The summed E-state index contributed by atoms with van der Waals surface area (Å²) in [5.41, 5.74) is 0.276. The number of ether oxygens (including phenoxy) is 3. The molecule has 0 heterocycles. The molecule has 24 heavy (non-hydrogen) atoms. The third-order valence-electron chi connectivity index (χ3n) is 3.06. The van der Waals surface area contributed by atoms with E-state index in [1.807, 2.05) is 0 Å². The Kier molecular flexibility index (Phi) is 5.81. The summed E-state index contributed by atoms with van der Waals surface area (Å²) in [4.78, 5) is 12.4. The van der Waals surface area contributed by atoms with E-state index in [1.54, 1.807) is 12.1 Å². The fourth-order valence-corrected chi connectivity index (χ4v) is 2.27. The lowest BCUT2D eigenvalue weighted by molar-refractivity contribution is -0.0515. The number of halogens is 3. The summed E-state index contributed by atoms with van der Waals surface area (Å²) >= 11 is 5.99. The van der Waals surface area contributed by atoms with Crippen LogP contribution in [0.2, 0.25) is 5.02 Å². The first kappa shape index (κ1) is 17.8. The first-order chi connectivity index (χ1) is 11.5. The quantitative estimate of drug-likeness (QED) is 0.841. The number of benzene rings is 2. The third kappa shape index (κ3) is 4.05. The molecule has 0 aliphatic heterocycles. The van der Waals surface area contributed by atoms with E-state index in [-0.39, 0.29) is 17.1 Å². The predicted octanol–water partition coefficient (Wildman–Crippen LogP) is 4.21. The summed E-state index contributed by atoms with van der Waals surface area (Å²) in [5.74, 6) is -0.522. The average molecular weight is 358 g/mol. The zero-order valence-corrected chi connectivity index (χ0v) is 13.6. The molecule has 2 aromatic rings. The smallest absolute Gasteiger partial charge is 0.387 e. The molecular formula is C16H14ClF2NO4. The minimum absolute atomic E-state index is 0.0238. The molecular weight excluding hydrogens is 344 g/mol. The molecule has 0 radical (unpaired) electrons. The second-order valence-corrected chi connectivity index (χ2v) is 4.93. The molecule has 0 aromatic heterocycles. The molecule has 0 bridgehead atoms. The summed E-state index contributed by atoms with van der Waals surface area (Å²) < 4.78 is 39.6. The van der Waals surface area contributed by atoms with Gasteiger partial charge in [-0.25, -0.2) is 0 Å². The molecule has 0 aliphatic rings. The molecule has 2 aromatic carbocycles. The number of anilines is 1. The van der Waals surface area contributed by atoms with Crippen molar-refractivity contribution in [1.29, 1.82) is 0 Å². The van der Waals surface area contributed by atoms with Gasteiger partial charge in [0.15, 0.2) is 11.5 Å². The van der Waals surface area contributed by atoms with Crippen molar-refractivity contribution >= 4 is 23.2 Å². The van der Waals surface area contributed by atoms with Crippen molar-refractivity contribution < 1.29 is 27.8 Å². The molecule has 0 saturated carbocycles. The number of methoxy groups -OCH3 is 2. The lowest BCUT2D eigenvalue weighted by Gasteiger charge is -2.14. The van der Waals surface area contributed by atoms with E-state index in [4.69, 9.17) is 21.1 Å². The molecule has 1 amide bonds. The summed E-state index contributed by atoms with van der Waals surface area (Å²) in [7, 11) is 2.75. The maximum Gasteiger partial charge on any atom is 0.387 e. The van der Waals surface area contributed by atoms with Crippen LogP contribution in [0, 0.1) is 0 Å². The van der Waals surface area contributed by atoms with Crippen LogP contribution in [0.15, 0.2) is 36.4 Å². The maximum absolute atomic E-state index is 12.6. The van der Waals surface area contributed by atoms with Crippen molar-refractivity contribution in [2.75, 3.05) is 19.5 Å². The summed E-state index contributed by atoms with van der Waals surface area (Å²) in [6.07, 6.45) is 0. The van der Waals surface area contributed by atoms with Crippen LogP contribution in [0.4, 0.5) is 14.5 Å². The SMILES string of the molecule is COc1ccc(NC(=O)c2cccc(OC)c2OC(F)F)cc1Cl. The first-order valence-corrected chi connectivity index (χ1v) is 7.10.